The third-order valence-electron chi connectivity index (χ3n) is 3.57. The highest BCUT2D eigenvalue weighted by Crippen LogP contribution is 2.47. The molecule has 0 amide bonds. The van der Waals surface area contributed by atoms with Crippen LogP contribution >= 0.6 is 0 Å². The first kappa shape index (κ1) is 4.73. The Kier molecular flexibility index (Phi) is 0.704. The summed E-state index contributed by atoms with van der Waals surface area (Å²) in [5.41, 5.74) is 0. The molecule has 1 aliphatic carbocycles. The van der Waals surface area contributed by atoms with E-state index in [0.717, 1.165) is 17.8 Å². The molecular formula is C8H13N. The van der Waals surface area contributed by atoms with E-state index in [-0.39, 0.29) is 0 Å². The second-order valence-corrected chi connectivity index (χ2v) is 3.98. The molecule has 2 atom stereocenters. The Morgan fingerprint density at radius 3 is 2.00 bits per heavy atom. The molecule has 0 aromatic rings. The van der Waals surface area contributed by atoms with E-state index in [1.807, 2.05) is 0 Å². The van der Waals surface area contributed by atoms with Crippen molar-refractivity contribution >= 4 is 0 Å². The van der Waals surface area contributed by atoms with Crippen LogP contribution in [0.4, 0.5) is 0 Å². The van der Waals surface area contributed by atoms with Crippen molar-refractivity contribution < 1.29 is 0 Å². The quantitative estimate of drug-likeness (QED) is 0.463. The van der Waals surface area contributed by atoms with Gasteiger partial charge in [-0.1, -0.05) is 0 Å². The number of hydrogen-bond donors (Lipinski definition) is 0. The first-order valence-electron chi connectivity index (χ1n) is 4.16. The lowest BCUT2D eigenvalue weighted by molar-refractivity contribution is 0.297. The summed E-state index contributed by atoms with van der Waals surface area (Å²) < 4.78 is 0. The molecule has 3 aliphatic rings. The lowest BCUT2D eigenvalue weighted by Gasteiger charge is -2.17. The minimum absolute atomic E-state index is 1.13. The zero-order valence-corrected chi connectivity index (χ0v) is 5.71. The molecule has 0 aromatic heterocycles. The zero-order chi connectivity index (χ0) is 5.84. The number of fused-ring (bicyclic) bond motifs is 1. The average molecular weight is 123 g/mol. The van der Waals surface area contributed by atoms with Gasteiger partial charge in [0.2, 0.25) is 0 Å². The predicted molar refractivity (Wildman–Crippen MR) is 36.1 cm³/mol. The summed E-state index contributed by atoms with van der Waals surface area (Å²) in [6.45, 7) is 4.34. The van der Waals surface area contributed by atoms with Crippen molar-refractivity contribution in [2.24, 2.45) is 17.8 Å². The lowest BCUT2D eigenvalue weighted by Crippen LogP contribution is -2.23. The molecule has 2 heterocycles. The molecule has 50 valence electrons. The molecule has 9 heavy (non-hydrogen) atoms. The summed E-state index contributed by atoms with van der Waals surface area (Å²) in [6, 6.07) is 0. The van der Waals surface area contributed by atoms with Gasteiger partial charge in [-0.05, 0) is 30.6 Å². The maximum Gasteiger partial charge on any atom is 0.00162 e. The molecule has 2 saturated heterocycles. The van der Waals surface area contributed by atoms with Crippen LogP contribution in [0.15, 0.2) is 0 Å². The normalized spacial score (nSPS) is 61.3. The second-order valence-electron chi connectivity index (χ2n) is 3.98. The molecule has 0 spiro atoms. The van der Waals surface area contributed by atoms with Crippen LogP contribution in [0.2, 0.25) is 0 Å². The predicted octanol–water partition coefficient (Wildman–Crippen LogP) is 0.958. The van der Waals surface area contributed by atoms with Crippen LogP contribution < -0.4 is 0 Å². The van der Waals surface area contributed by atoms with E-state index in [4.69, 9.17) is 0 Å². The fourth-order valence-electron chi connectivity index (χ4n) is 3.18. The third-order valence-corrected chi connectivity index (χ3v) is 3.57. The van der Waals surface area contributed by atoms with Gasteiger partial charge in [-0.2, -0.15) is 0 Å². The van der Waals surface area contributed by atoms with Crippen molar-refractivity contribution in [1.29, 1.82) is 0 Å². The topological polar surface area (TPSA) is 3.24 Å². The maximum atomic E-state index is 2.66. The van der Waals surface area contributed by atoms with Crippen molar-refractivity contribution in [2.75, 3.05) is 19.6 Å². The molecule has 2 aliphatic heterocycles. The fraction of sp³-hybridized carbons (Fsp3) is 1.00. The summed E-state index contributed by atoms with van der Waals surface area (Å²) in [5, 5.41) is 0. The molecule has 2 unspecified atom stereocenters. The van der Waals surface area contributed by atoms with Crippen molar-refractivity contribution in [3.05, 3.63) is 0 Å². The van der Waals surface area contributed by atoms with E-state index in [1.54, 1.807) is 12.8 Å². The summed E-state index contributed by atoms with van der Waals surface area (Å²) in [4.78, 5) is 2.66. The van der Waals surface area contributed by atoms with E-state index in [0.29, 0.717) is 0 Å². The van der Waals surface area contributed by atoms with Crippen molar-refractivity contribution in [3.63, 3.8) is 0 Å². The van der Waals surface area contributed by atoms with Gasteiger partial charge in [-0.15, -0.1) is 0 Å². The number of rotatable bonds is 0. The van der Waals surface area contributed by atoms with Crippen LogP contribution in [0.25, 0.3) is 0 Å². The van der Waals surface area contributed by atoms with Crippen molar-refractivity contribution in [1.82, 2.24) is 4.90 Å². The molecule has 0 N–H and O–H groups in total. The van der Waals surface area contributed by atoms with Crippen LogP contribution in [0.3, 0.4) is 0 Å². The van der Waals surface area contributed by atoms with Crippen LogP contribution in [-0.2, 0) is 0 Å². The lowest BCUT2D eigenvalue weighted by atomic mass is 9.93. The smallest absolute Gasteiger partial charge is 0.00162 e. The second kappa shape index (κ2) is 1.34. The molecule has 0 aromatic carbocycles. The summed E-state index contributed by atoms with van der Waals surface area (Å²) in [7, 11) is 0. The molecule has 3 rings (SSSR count). The van der Waals surface area contributed by atoms with Gasteiger partial charge >= 0.3 is 0 Å². The molecule has 1 nitrogen and oxygen atoms in total. The Balaban J connectivity index is 2.02. The summed E-state index contributed by atoms with van der Waals surface area (Å²) >= 11 is 0. The minimum Gasteiger partial charge on any atom is -0.302 e. The van der Waals surface area contributed by atoms with Gasteiger partial charge in [0.15, 0.2) is 0 Å². The SMILES string of the molecule is C1CC2CN3CC1C2C3. The highest BCUT2D eigenvalue weighted by atomic mass is 15.2. The van der Waals surface area contributed by atoms with Crippen LogP contribution in [0, 0.1) is 17.8 Å². The number of piperidine rings is 1. The monoisotopic (exact) mass is 123 g/mol. The maximum absolute atomic E-state index is 2.66. The van der Waals surface area contributed by atoms with Crippen LogP contribution in [0.5, 0.6) is 0 Å². The van der Waals surface area contributed by atoms with Gasteiger partial charge < -0.3 is 4.90 Å². The Morgan fingerprint density at radius 2 is 1.56 bits per heavy atom. The third kappa shape index (κ3) is 0.454. The highest BCUT2D eigenvalue weighted by Gasteiger charge is 2.48. The van der Waals surface area contributed by atoms with Gasteiger partial charge in [0, 0.05) is 19.6 Å². The van der Waals surface area contributed by atoms with Crippen LogP contribution in [0.1, 0.15) is 12.8 Å². The summed E-state index contributed by atoms with van der Waals surface area (Å²) in [5.74, 6) is 3.40. The van der Waals surface area contributed by atoms with Crippen molar-refractivity contribution in [2.45, 2.75) is 12.8 Å². The average Bonchev–Trinajstić information content (AvgIpc) is 2.35. The van der Waals surface area contributed by atoms with Gasteiger partial charge in [-0.25, -0.2) is 0 Å². The molecule has 1 heteroatoms. The van der Waals surface area contributed by atoms with Gasteiger partial charge in [0.25, 0.3) is 0 Å². The standard InChI is InChI=1S/C8H13N/c1-2-7-4-9-3-6(1)8(7)5-9/h6-8H,1-5H2. The molecular weight excluding hydrogens is 110 g/mol. The molecule has 0 radical (unpaired) electrons. The first-order valence-corrected chi connectivity index (χ1v) is 4.16. The largest absolute Gasteiger partial charge is 0.302 e. The van der Waals surface area contributed by atoms with Gasteiger partial charge in [0.1, 0.15) is 0 Å². The zero-order valence-electron chi connectivity index (χ0n) is 5.71. The van der Waals surface area contributed by atoms with E-state index >= 15 is 0 Å². The van der Waals surface area contributed by atoms with E-state index in [2.05, 4.69) is 4.90 Å². The summed E-state index contributed by atoms with van der Waals surface area (Å²) in [6.07, 6.45) is 3.09. The Hall–Kier alpha value is -0.0400. The molecule has 3 fully saturated rings. The highest BCUT2D eigenvalue weighted by molar-refractivity contribution is 5.00. The van der Waals surface area contributed by atoms with Crippen LogP contribution in [-0.4, -0.2) is 24.5 Å². The molecule has 2 bridgehead atoms. The van der Waals surface area contributed by atoms with E-state index < -0.39 is 0 Å². The van der Waals surface area contributed by atoms with E-state index in [1.165, 1.54) is 19.6 Å². The number of nitrogens with zero attached hydrogens (tertiary/aromatic N) is 1. The van der Waals surface area contributed by atoms with E-state index in [9.17, 15) is 0 Å². The Morgan fingerprint density at radius 1 is 0.889 bits per heavy atom. The first-order chi connectivity index (χ1) is 4.43. The number of hydrogen-bond acceptors (Lipinski definition) is 1. The minimum atomic E-state index is 1.13. The fourth-order valence-corrected chi connectivity index (χ4v) is 3.18. The van der Waals surface area contributed by atoms with Gasteiger partial charge in [-0.3, -0.25) is 0 Å². The van der Waals surface area contributed by atoms with Crippen molar-refractivity contribution in [3.8, 4) is 0 Å². The molecule has 1 saturated carbocycles. The van der Waals surface area contributed by atoms with Gasteiger partial charge in [0.05, 0.1) is 0 Å². The Bertz CT molecular complexity index is 127. The Labute approximate surface area is 56.0 Å².